The van der Waals surface area contributed by atoms with Gasteiger partial charge in [-0.25, -0.2) is 39.5 Å². The van der Waals surface area contributed by atoms with Gasteiger partial charge in [-0.2, -0.15) is 0 Å². The first kappa shape index (κ1) is 19.6. The molecule has 0 saturated carbocycles. The number of rotatable bonds is 2. The topological polar surface area (TPSA) is 236 Å². The standard InChI is InChI=1S/2C6H5N5O2.Zn/c2*7-3-2-4(9-1-8-2)11-5(10-3)6(12)13;/h2*1H,(H,12,13)(H3,7,8,9,10,11);. The SMILES string of the molecule is Nc1nc(C(=O)O)nc2nc[nH]c12.Nc1nc(C(=O)O)nc2nc[nH]c12.[Zn]. The van der Waals surface area contributed by atoms with Crippen LogP contribution in [-0.2, 0) is 19.5 Å². The molecule has 4 aromatic rings. The van der Waals surface area contributed by atoms with Gasteiger partial charge in [0, 0.05) is 19.5 Å². The van der Waals surface area contributed by atoms with Crippen molar-refractivity contribution in [3.05, 3.63) is 24.3 Å². The number of carboxylic acids is 2. The predicted octanol–water partition coefficient (Wildman–Crippen LogP) is -0.736. The van der Waals surface area contributed by atoms with E-state index in [1.807, 2.05) is 0 Å². The Morgan fingerprint density at radius 1 is 0.778 bits per heavy atom. The number of nitrogens with zero attached hydrogens (tertiary/aromatic N) is 6. The minimum Gasteiger partial charge on any atom is -0.475 e. The van der Waals surface area contributed by atoms with Gasteiger partial charge in [-0.1, -0.05) is 0 Å². The number of aromatic nitrogens is 8. The van der Waals surface area contributed by atoms with Gasteiger partial charge in [-0.05, 0) is 0 Å². The molecule has 0 spiro atoms. The number of anilines is 2. The maximum Gasteiger partial charge on any atom is 0.374 e. The van der Waals surface area contributed by atoms with Gasteiger partial charge in [0.2, 0.25) is 11.6 Å². The van der Waals surface area contributed by atoms with Crippen molar-refractivity contribution in [3.63, 3.8) is 0 Å². The molecule has 14 nitrogen and oxygen atoms in total. The van der Waals surface area contributed by atoms with Crippen molar-refractivity contribution in [3.8, 4) is 0 Å². The Hall–Kier alpha value is -3.74. The second-order valence-corrected chi connectivity index (χ2v) is 4.68. The molecule has 0 fully saturated rings. The van der Waals surface area contributed by atoms with Gasteiger partial charge in [0.1, 0.15) is 11.0 Å². The van der Waals surface area contributed by atoms with Crippen molar-refractivity contribution in [2.24, 2.45) is 0 Å². The number of hydrogen-bond acceptors (Lipinski definition) is 10. The van der Waals surface area contributed by atoms with Gasteiger partial charge in [-0.15, -0.1) is 0 Å². The number of carboxylic acid groups (broad SMARTS) is 2. The van der Waals surface area contributed by atoms with Crippen molar-refractivity contribution in [1.82, 2.24) is 39.9 Å². The Labute approximate surface area is 161 Å². The largest absolute Gasteiger partial charge is 0.475 e. The van der Waals surface area contributed by atoms with E-state index in [9.17, 15) is 9.59 Å². The molecule has 15 heteroatoms. The molecule has 0 aliphatic rings. The maximum atomic E-state index is 10.5. The van der Waals surface area contributed by atoms with Crippen LogP contribution < -0.4 is 11.5 Å². The average Bonchev–Trinajstić information content (AvgIpc) is 3.24. The Kier molecular flexibility index (Phi) is 5.55. The number of hydrogen-bond donors (Lipinski definition) is 6. The van der Waals surface area contributed by atoms with Crippen molar-refractivity contribution < 1.29 is 39.3 Å². The number of H-pyrrole nitrogens is 2. The van der Waals surface area contributed by atoms with Gasteiger partial charge in [-0.3, -0.25) is 0 Å². The maximum absolute atomic E-state index is 10.5. The molecule has 0 bridgehead atoms. The summed E-state index contributed by atoms with van der Waals surface area (Å²) in [6.07, 6.45) is 2.75. The molecular weight excluding hydrogens is 414 g/mol. The summed E-state index contributed by atoms with van der Waals surface area (Å²) in [4.78, 5) is 48.4. The van der Waals surface area contributed by atoms with Crippen LogP contribution in [0.1, 0.15) is 21.2 Å². The zero-order chi connectivity index (χ0) is 18.8. The van der Waals surface area contributed by atoms with Crippen LogP contribution >= 0.6 is 0 Å². The molecule has 0 amide bonds. The van der Waals surface area contributed by atoms with E-state index >= 15 is 0 Å². The minimum atomic E-state index is -1.23. The third-order valence-corrected chi connectivity index (χ3v) is 3.01. The van der Waals surface area contributed by atoms with E-state index < -0.39 is 11.9 Å². The summed E-state index contributed by atoms with van der Waals surface area (Å²) in [5.74, 6) is -2.98. The average molecular weight is 424 g/mol. The molecule has 0 aromatic carbocycles. The Morgan fingerprint density at radius 3 is 1.48 bits per heavy atom. The van der Waals surface area contributed by atoms with Crippen LogP contribution in [0.4, 0.5) is 11.6 Å². The van der Waals surface area contributed by atoms with E-state index in [-0.39, 0.29) is 54.1 Å². The van der Waals surface area contributed by atoms with Gasteiger partial charge < -0.3 is 31.6 Å². The summed E-state index contributed by atoms with van der Waals surface area (Å²) >= 11 is 0. The number of carbonyl (C=O) groups is 2. The molecule has 4 aromatic heterocycles. The fraction of sp³-hybridized carbons (Fsp3) is 0. The normalized spacial score (nSPS) is 10.1. The number of fused-ring (bicyclic) bond motifs is 2. The van der Waals surface area contributed by atoms with E-state index in [1.165, 1.54) is 12.7 Å². The molecule has 134 valence electrons. The number of imidazole rings is 2. The summed E-state index contributed by atoms with van der Waals surface area (Å²) < 4.78 is 0. The minimum absolute atomic E-state index is 0. The number of aromatic amines is 2. The second-order valence-electron chi connectivity index (χ2n) is 4.68. The van der Waals surface area contributed by atoms with Crippen LogP contribution in [0.5, 0.6) is 0 Å². The molecule has 0 aliphatic heterocycles. The molecule has 0 saturated heterocycles. The fourth-order valence-electron chi connectivity index (χ4n) is 1.90. The molecule has 27 heavy (non-hydrogen) atoms. The van der Waals surface area contributed by atoms with Crippen molar-refractivity contribution in [2.45, 2.75) is 0 Å². The Bertz CT molecular complexity index is 1050. The molecule has 0 unspecified atom stereocenters. The van der Waals surface area contributed by atoms with Crippen LogP contribution in [0.3, 0.4) is 0 Å². The van der Waals surface area contributed by atoms with Crippen molar-refractivity contribution in [2.75, 3.05) is 11.5 Å². The number of aromatic carboxylic acids is 2. The zero-order valence-electron chi connectivity index (χ0n) is 13.4. The van der Waals surface area contributed by atoms with E-state index in [2.05, 4.69) is 39.9 Å². The van der Waals surface area contributed by atoms with E-state index in [0.29, 0.717) is 11.0 Å². The van der Waals surface area contributed by atoms with E-state index in [0.717, 1.165) is 0 Å². The summed E-state index contributed by atoms with van der Waals surface area (Å²) in [5, 5.41) is 17.2. The van der Waals surface area contributed by atoms with Gasteiger partial charge in [0.05, 0.1) is 12.7 Å². The van der Waals surface area contributed by atoms with E-state index in [1.54, 1.807) is 0 Å². The van der Waals surface area contributed by atoms with Crippen LogP contribution in [-0.4, -0.2) is 62.0 Å². The molecule has 0 aliphatic carbocycles. The molecule has 4 rings (SSSR count). The first-order valence-corrected chi connectivity index (χ1v) is 6.76. The van der Waals surface area contributed by atoms with Crippen LogP contribution in [0.2, 0.25) is 0 Å². The van der Waals surface area contributed by atoms with E-state index in [4.69, 9.17) is 21.7 Å². The zero-order valence-corrected chi connectivity index (χ0v) is 16.4. The Balaban J connectivity index is 0.000000187. The summed E-state index contributed by atoms with van der Waals surface area (Å²) in [5.41, 5.74) is 12.3. The third kappa shape index (κ3) is 3.92. The number of nitrogens with two attached hydrogens (primary N) is 2. The smallest absolute Gasteiger partial charge is 0.374 e. The van der Waals surface area contributed by atoms with Crippen LogP contribution in [0, 0.1) is 0 Å². The van der Waals surface area contributed by atoms with Gasteiger partial charge >= 0.3 is 11.9 Å². The molecule has 0 atom stereocenters. The van der Waals surface area contributed by atoms with Gasteiger partial charge in [0.25, 0.3) is 0 Å². The van der Waals surface area contributed by atoms with Crippen molar-refractivity contribution >= 4 is 45.9 Å². The predicted molar refractivity (Wildman–Crippen MR) is 86.1 cm³/mol. The summed E-state index contributed by atoms with van der Waals surface area (Å²) in [7, 11) is 0. The summed E-state index contributed by atoms with van der Waals surface area (Å²) in [6, 6.07) is 0. The number of nitrogen functional groups attached to an aromatic ring is 2. The first-order valence-electron chi connectivity index (χ1n) is 6.76. The first-order chi connectivity index (χ1) is 12.4. The monoisotopic (exact) mass is 422 g/mol. The molecule has 4 heterocycles. The van der Waals surface area contributed by atoms with Gasteiger partial charge in [0.15, 0.2) is 22.9 Å². The summed E-state index contributed by atoms with van der Waals surface area (Å²) in [6.45, 7) is 0. The van der Waals surface area contributed by atoms with Crippen LogP contribution in [0.25, 0.3) is 22.3 Å². The quantitative estimate of drug-likeness (QED) is 0.219. The molecular formula is C12H10N10O4Zn. The molecule has 8 N–H and O–H groups in total. The fourth-order valence-corrected chi connectivity index (χ4v) is 1.90. The Morgan fingerprint density at radius 2 is 1.15 bits per heavy atom. The third-order valence-electron chi connectivity index (χ3n) is 3.01. The molecule has 0 radical (unpaired) electrons. The number of nitrogens with one attached hydrogen (secondary N) is 2. The van der Waals surface area contributed by atoms with Crippen LogP contribution in [0.15, 0.2) is 12.7 Å². The second kappa shape index (κ2) is 7.65. The van der Waals surface area contributed by atoms with Crippen molar-refractivity contribution in [1.29, 1.82) is 0 Å².